The lowest BCUT2D eigenvalue weighted by Crippen LogP contribution is -2.35. The first-order valence-electron chi connectivity index (χ1n) is 9.10. The van der Waals surface area contributed by atoms with E-state index >= 15 is 0 Å². The largest absolute Gasteiger partial charge is 0.323 e. The van der Waals surface area contributed by atoms with Gasteiger partial charge in [-0.25, -0.2) is 9.48 Å². The number of amides is 2. The fourth-order valence-electron chi connectivity index (χ4n) is 3.68. The average molecular weight is 341 g/mol. The number of hydrogen-bond donors (Lipinski definition) is 1. The summed E-state index contributed by atoms with van der Waals surface area (Å²) < 4.78 is 2.00. The molecule has 1 saturated carbocycles. The van der Waals surface area contributed by atoms with Gasteiger partial charge >= 0.3 is 6.03 Å². The molecule has 1 atom stereocenters. The Morgan fingerprint density at radius 1 is 1.44 bits per heavy atom. The molecule has 3 rings (SSSR count). The molecule has 134 valence electrons. The number of anilines is 1. The lowest BCUT2D eigenvalue weighted by Gasteiger charge is -2.28. The fraction of sp³-hybridized carbons (Fsp3) is 0.526. The first kappa shape index (κ1) is 17.5. The zero-order chi connectivity index (χ0) is 17.8. The van der Waals surface area contributed by atoms with Gasteiger partial charge in [-0.2, -0.15) is 5.10 Å². The zero-order valence-corrected chi connectivity index (χ0v) is 15.3. The zero-order valence-electron chi connectivity index (χ0n) is 15.3. The number of urea groups is 1. The van der Waals surface area contributed by atoms with Gasteiger partial charge in [-0.05, 0) is 37.8 Å². The molecule has 1 aliphatic carbocycles. The van der Waals surface area contributed by atoms with Crippen molar-refractivity contribution >= 4 is 11.8 Å². The van der Waals surface area contributed by atoms with Gasteiger partial charge in [0.25, 0.3) is 0 Å². The summed E-state index contributed by atoms with van der Waals surface area (Å²) in [5.41, 5.74) is 1.98. The van der Waals surface area contributed by atoms with Crippen LogP contribution in [-0.2, 0) is 0 Å². The Morgan fingerprint density at radius 3 is 2.84 bits per heavy atom. The molecule has 0 unspecified atom stereocenters. The number of aromatic nitrogens is 3. The summed E-state index contributed by atoms with van der Waals surface area (Å²) in [6, 6.07) is 6.15. The highest BCUT2D eigenvalue weighted by atomic mass is 16.2. The summed E-state index contributed by atoms with van der Waals surface area (Å²) in [7, 11) is 1.83. The predicted molar refractivity (Wildman–Crippen MR) is 98.5 cm³/mol. The number of hydrogen-bond acceptors (Lipinski definition) is 3. The SMILES string of the molecule is CC[C@H](c1cccnc1)N(C)C(=O)Nc1cc(C)nn1C1CCCC1. The van der Waals surface area contributed by atoms with Gasteiger partial charge in [0, 0.05) is 25.5 Å². The van der Waals surface area contributed by atoms with Gasteiger partial charge in [-0.1, -0.05) is 25.8 Å². The van der Waals surface area contributed by atoms with E-state index in [9.17, 15) is 4.79 Å². The monoisotopic (exact) mass is 341 g/mol. The van der Waals surface area contributed by atoms with Crippen LogP contribution in [0.2, 0.25) is 0 Å². The standard InChI is InChI=1S/C19H27N5O/c1-4-17(15-8-7-11-20-13-15)23(3)19(25)21-18-12-14(2)22-24(18)16-9-5-6-10-16/h7-8,11-13,16-17H,4-6,9-10H2,1-3H3,(H,21,25)/t17-/m1/s1. The lowest BCUT2D eigenvalue weighted by molar-refractivity contribution is 0.202. The number of aryl methyl sites for hydroxylation is 1. The molecule has 1 N–H and O–H groups in total. The second-order valence-electron chi connectivity index (χ2n) is 6.81. The molecule has 0 spiro atoms. The van der Waals surface area contributed by atoms with Crippen molar-refractivity contribution in [1.29, 1.82) is 0 Å². The summed E-state index contributed by atoms with van der Waals surface area (Å²) in [6.45, 7) is 4.05. The van der Waals surface area contributed by atoms with Gasteiger partial charge in [0.2, 0.25) is 0 Å². The molecular weight excluding hydrogens is 314 g/mol. The average Bonchev–Trinajstić information content (AvgIpc) is 3.26. The second-order valence-corrected chi connectivity index (χ2v) is 6.81. The molecule has 0 saturated heterocycles. The van der Waals surface area contributed by atoms with E-state index in [4.69, 9.17) is 0 Å². The van der Waals surface area contributed by atoms with Crippen molar-refractivity contribution in [3.8, 4) is 0 Å². The third-order valence-electron chi connectivity index (χ3n) is 5.01. The van der Waals surface area contributed by atoms with E-state index in [-0.39, 0.29) is 12.1 Å². The number of nitrogens with one attached hydrogen (secondary N) is 1. The van der Waals surface area contributed by atoms with E-state index in [1.165, 1.54) is 12.8 Å². The molecule has 1 fully saturated rings. The molecule has 6 nitrogen and oxygen atoms in total. The van der Waals surface area contributed by atoms with Crippen molar-refractivity contribution in [3.05, 3.63) is 41.9 Å². The van der Waals surface area contributed by atoms with Crippen molar-refractivity contribution < 1.29 is 4.79 Å². The summed E-state index contributed by atoms with van der Waals surface area (Å²) in [6.07, 6.45) is 9.13. The third kappa shape index (κ3) is 3.83. The predicted octanol–water partition coefficient (Wildman–Crippen LogP) is 4.32. The van der Waals surface area contributed by atoms with Crippen LogP contribution in [0.5, 0.6) is 0 Å². The Bertz CT molecular complexity index is 706. The van der Waals surface area contributed by atoms with Gasteiger partial charge in [-0.15, -0.1) is 0 Å². The van der Waals surface area contributed by atoms with Crippen LogP contribution in [0.1, 0.15) is 62.4 Å². The van der Waals surface area contributed by atoms with Gasteiger partial charge in [0.15, 0.2) is 0 Å². The molecule has 1 aliphatic rings. The van der Waals surface area contributed by atoms with Crippen LogP contribution in [0, 0.1) is 6.92 Å². The Kier molecular flexibility index (Phi) is 5.36. The molecule has 2 heterocycles. The van der Waals surface area contributed by atoms with E-state index in [1.54, 1.807) is 11.1 Å². The summed E-state index contributed by atoms with van der Waals surface area (Å²) in [5.74, 6) is 0.794. The fourth-order valence-corrected chi connectivity index (χ4v) is 3.68. The molecular formula is C19H27N5O. The van der Waals surface area contributed by atoms with Crippen molar-refractivity contribution in [2.45, 2.75) is 58.0 Å². The summed E-state index contributed by atoms with van der Waals surface area (Å²) >= 11 is 0. The van der Waals surface area contributed by atoms with Crippen molar-refractivity contribution in [2.24, 2.45) is 0 Å². The first-order valence-corrected chi connectivity index (χ1v) is 9.10. The number of carbonyl (C=O) groups excluding carboxylic acids is 1. The number of pyridine rings is 1. The van der Waals surface area contributed by atoms with E-state index < -0.39 is 0 Å². The van der Waals surface area contributed by atoms with Crippen LogP contribution >= 0.6 is 0 Å². The third-order valence-corrected chi connectivity index (χ3v) is 5.01. The van der Waals surface area contributed by atoms with E-state index in [0.29, 0.717) is 6.04 Å². The van der Waals surface area contributed by atoms with Crippen LogP contribution in [0.25, 0.3) is 0 Å². The van der Waals surface area contributed by atoms with Gasteiger partial charge in [0.1, 0.15) is 5.82 Å². The maximum atomic E-state index is 12.8. The highest BCUT2D eigenvalue weighted by Gasteiger charge is 2.24. The van der Waals surface area contributed by atoms with Crippen LogP contribution in [0.4, 0.5) is 10.6 Å². The van der Waals surface area contributed by atoms with Gasteiger partial charge in [0.05, 0.1) is 17.8 Å². The second kappa shape index (κ2) is 7.68. The highest BCUT2D eigenvalue weighted by Crippen LogP contribution is 2.32. The van der Waals surface area contributed by atoms with Crippen molar-refractivity contribution in [3.63, 3.8) is 0 Å². The van der Waals surface area contributed by atoms with Crippen LogP contribution < -0.4 is 5.32 Å². The lowest BCUT2D eigenvalue weighted by atomic mass is 10.1. The molecule has 25 heavy (non-hydrogen) atoms. The number of rotatable bonds is 5. The van der Waals surface area contributed by atoms with E-state index in [0.717, 1.165) is 36.3 Å². The van der Waals surface area contributed by atoms with Crippen LogP contribution in [0.3, 0.4) is 0 Å². The Morgan fingerprint density at radius 2 is 2.20 bits per heavy atom. The maximum absolute atomic E-state index is 12.8. The minimum atomic E-state index is -0.116. The summed E-state index contributed by atoms with van der Waals surface area (Å²) in [5, 5.41) is 7.66. The van der Waals surface area contributed by atoms with Crippen LogP contribution in [0.15, 0.2) is 30.6 Å². The van der Waals surface area contributed by atoms with Crippen molar-refractivity contribution in [1.82, 2.24) is 19.7 Å². The molecule has 2 aromatic rings. The Hall–Kier alpha value is -2.37. The summed E-state index contributed by atoms with van der Waals surface area (Å²) in [4.78, 5) is 18.7. The van der Waals surface area contributed by atoms with Crippen molar-refractivity contribution in [2.75, 3.05) is 12.4 Å². The molecule has 0 aliphatic heterocycles. The first-order chi connectivity index (χ1) is 12.1. The topological polar surface area (TPSA) is 63.1 Å². The van der Waals surface area contributed by atoms with Gasteiger partial charge < -0.3 is 4.90 Å². The Balaban J connectivity index is 1.75. The molecule has 2 aromatic heterocycles. The smallest absolute Gasteiger partial charge is 0.320 e. The molecule has 0 aromatic carbocycles. The molecule has 0 radical (unpaired) electrons. The Labute approximate surface area is 149 Å². The number of carbonyl (C=O) groups is 1. The molecule has 6 heteroatoms. The normalized spacial score (nSPS) is 16.0. The quantitative estimate of drug-likeness (QED) is 0.881. The van der Waals surface area contributed by atoms with E-state index in [2.05, 4.69) is 22.3 Å². The highest BCUT2D eigenvalue weighted by molar-refractivity contribution is 5.88. The van der Waals surface area contributed by atoms with Crippen LogP contribution in [-0.4, -0.2) is 32.7 Å². The molecule has 2 amide bonds. The minimum absolute atomic E-state index is 0.00218. The van der Waals surface area contributed by atoms with E-state index in [1.807, 2.05) is 43.0 Å². The molecule has 0 bridgehead atoms. The minimum Gasteiger partial charge on any atom is -0.320 e. The number of nitrogens with zero attached hydrogens (tertiary/aromatic N) is 4. The maximum Gasteiger partial charge on any atom is 0.323 e. The van der Waals surface area contributed by atoms with Gasteiger partial charge in [-0.3, -0.25) is 10.3 Å².